The third-order valence-corrected chi connectivity index (χ3v) is 0.401. The van der Waals surface area contributed by atoms with Crippen LogP contribution >= 0.6 is 0 Å². The molecule has 0 spiro atoms. The Labute approximate surface area is 49.9 Å². The van der Waals surface area contributed by atoms with Crippen LogP contribution in [0.2, 0.25) is 0 Å². The first-order valence-corrected chi connectivity index (χ1v) is 1.90. The van der Waals surface area contributed by atoms with E-state index >= 15 is 0 Å². The first-order chi connectivity index (χ1) is 2.77. The lowest BCUT2D eigenvalue weighted by Gasteiger charge is -1.68. The molecule has 0 aromatic heterocycles. The van der Waals surface area contributed by atoms with Crippen molar-refractivity contribution in [3.05, 3.63) is 12.2 Å². The van der Waals surface area contributed by atoms with Crippen LogP contribution in [-0.4, -0.2) is 5.78 Å². The molecule has 0 aromatic rings. The van der Waals surface area contributed by atoms with Crippen LogP contribution in [0.1, 0.15) is 13.8 Å². The maximum atomic E-state index is 9.96. The Morgan fingerprint density at radius 1 is 1.38 bits per heavy atom. The Bertz CT molecular complexity index is 78.5. The minimum absolute atomic E-state index is 0. The summed E-state index contributed by atoms with van der Waals surface area (Å²) in [4.78, 5) is 9.96. The van der Waals surface area contributed by atoms with E-state index in [0.717, 1.165) is 0 Å². The first-order valence-electron chi connectivity index (χ1n) is 1.90. The van der Waals surface area contributed by atoms with Gasteiger partial charge in [-0.05, 0) is 19.9 Å². The highest BCUT2D eigenvalue weighted by atomic mass is 16.1. The van der Waals surface area contributed by atoms with E-state index in [4.69, 9.17) is 0 Å². The van der Waals surface area contributed by atoms with Crippen molar-refractivity contribution in [3.63, 3.8) is 0 Å². The van der Waals surface area contributed by atoms with Crippen molar-refractivity contribution in [1.29, 1.82) is 0 Å². The number of allylic oxidation sites excluding steroid dienone is 2. The van der Waals surface area contributed by atoms with E-state index in [1.165, 1.54) is 13.0 Å². The van der Waals surface area contributed by atoms with E-state index in [0.29, 0.717) is 0 Å². The Kier molecular flexibility index (Phi) is 18.8. The molecule has 0 heterocycles. The Hall–Kier alpha value is -0.670. The molecule has 0 unspecified atom stereocenters. The summed E-state index contributed by atoms with van der Waals surface area (Å²) in [5, 5.41) is 0. The van der Waals surface area contributed by atoms with Gasteiger partial charge in [-0.25, -0.2) is 0 Å². The molecule has 0 aliphatic heterocycles. The van der Waals surface area contributed by atoms with Gasteiger partial charge in [-0.2, -0.15) is 0 Å². The average molecular weight is 118 g/mol. The summed E-state index contributed by atoms with van der Waals surface area (Å²) >= 11 is 0. The Morgan fingerprint density at radius 3 is 1.75 bits per heavy atom. The summed E-state index contributed by atoms with van der Waals surface area (Å²) < 4.78 is 0. The monoisotopic (exact) mass is 118 g/mol. The average Bonchev–Trinajstić information content (AvgIpc) is 1.35. The van der Waals surface area contributed by atoms with Gasteiger partial charge in [-0.1, -0.05) is 6.08 Å². The zero-order valence-electron chi connectivity index (χ0n) is 5.48. The van der Waals surface area contributed by atoms with Crippen molar-refractivity contribution < 1.29 is 4.79 Å². The fourth-order valence-corrected chi connectivity index (χ4v) is 0.235. The summed E-state index contributed by atoms with van der Waals surface area (Å²) in [7, 11) is 0. The molecule has 50 valence electrons. The first kappa shape index (κ1) is 15.7. The molecule has 3 nitrogen and oxygen atoms in total. The molecule has 0 saturated heterocycles. The van der Waals surface area contributed by atoms with Crippen molar-refractivity contribution in [3.8, 4) is 0 Å². The van der Waals surface area contributed by atoms with Gasteiger partial charge >= 0.3 is 0 Å². The van der Waals surface area contributed by atoms with Gasteiger partial charge in [0.15, 0.2) is 5.78 Å². The smallest absolute Gasteiger partial charge is 0.152 e. The van der Waals surface area contributed by atoms with Gasteiger partial charge in [-0.3, -0.25) is 4.79 Å². The third kappa shape index (κ3) is 18.4. The zero-order valence-corrected chi connectivity index (χ0v) is 5.48. The van der Waals surface area contributed by atoms with Crippen LogP contribution < -0.4 is 12.3 Å². The number of hydrogen-bond acceptors (Lipinski definition) is 3. The van der Waals surface area contributed by atoms with E-state index in [1.54, 1.807) is 6.08 Å². The van der Waals surface area contributed by atoms with Gasteiger partial charge in [0, 0.05) is 0 Å². The molecule has 0 saturated carbocycles. The summed E-state index contributed by atoms with van der Waals surface area (Å²) in [6, 6.07) is 0. The molecule has 0 amide bonds. The Balaban J connectivity index is -0.000000125. The summed E-state index contributed by atoms with van der Waals surface area (Å²) in [5.74, 6) is 0.109. The molecule has 0 atom stereocenters. The number of carbonyl (C=O) groups is 1. The lowest BCUT2D eigenvalue weighted by atomic mass is 10.4. The molecular formula is C5H14N2O. The standard InChI is InChI=1S/C5H8O.2H3N/c1-3-4-5(2)6;;/h3-4H,1-2H3;2*1H3/b4-3+;;. The lowest BCUT2D eigenvalue weighted by molar-refractivity contribution is -0.112. The number of hydrogen-bond donors (Lipinski definition) is 2. The maximum absolute atomic E-state index is 9.96. The number of rotatable bonds is 1. The lowest BCUT2D eigenvalue weighted by Crippen LogP contribution is -1.76. The van der Waals surface area contributed by atoms with Crippen LogP contribution in [0.3, 0.4) is 0 Å². The molecular weight excluding hydrogens is 104 g/mol. The van der Waals surface area contributed by atoms with Crippen LogP contribution in [0.5, 0.6) is 0 Å². The van der Waals surface area contributed by atoms with Gasteiger partial charge in [-0.15, -0.1) is 0 Å². The second-order valence-corrected chi connectivity index (χ2v) is 1.11. The quantitative estimate of drug-likeness (QED) is 0.511. The largest absolute Gasteiger partial charge is 0.344 e. The van der Waals surface area contributed by atoms with Crippen LogP contribution in [-0.2, 0) is 4.79 Å². The fraction of sp³-hybridized carbons (Fsp3) is 0.400. The molecule has 3 heteroatoms. The van der Waals surface area contributed by atoms with E-state index in [9.17, 15) is 4.79 Å². The summed E-state index contributed by atoms with van der Waals surface area (Å²) in [6.07, 6.45) is 3.25. The molecule has 0 aliphatic carbocycles. The number of carbonyl (C=O) groups excluding carboxylic acids is 1. The highest BCUT2D eigenvalue weighted by molar-refractivity contribution is 5.87. The van der Waals surface area contributed by atoms with Crippen molar-refractivity contribution in [2.45, 2.75) is 13.8 Å². The van der Waals surface area contributed by atoms with Crippen LogP contribution in [0.4, 0.5) is 0 Å². The summed E-state index contributed by atoms with van der Waals surface area (Å²) in [5.41, 5.74) is 0. The topological polar surface area (TPSA) is 87.1 Å². The second kappa shape index (κ2) is 9.59. The van der Waals surface area contributed by atoms with Crippen molar-refractivity contribution in [2.75, 3.05) is 0 Å². The zero-order chi connectivity index (χ0) is 4.99. The molecule has 6 N–H and O–H groups in total. The van der Waals surface area contributed by atoms with Gasteiger partial charge in [0.05, 0.1) is 0 Å². The SMILES string of the molecule is C/C=C/C(C)=O.N.N. The molecule has 0 bridgehead atoms. The van der Waals surface area contributed by atoms with E-state index in [2.05, 4.69) is 0 Å². The molecule has 8 heavy (non-hydrogen) atoms. The van der Waals surface area contributed by atoms with Crippen molar-refractivity contribution >= 4 is 5.78 Å². The second-order valence-electron chi connectivity index (χ2n) is 1.11. The fourth-order valence-electron chi connectivity index (χ4n) is 0.235. The van der Waals surface area contributed by atoms with Crippen LogP contribution in [0.15, 0.2) is 12.2 Å². The Morgan fingerprint density at radius 2 is 1.75 bits per heavy atom. The molecule has 0 rings (SSSR count). The molecule has 0 fully saturated rings. The highest BCUT2D eigenvalue weighted by Crippen LogP contribution is 1.69. The van der Waals surface area contributed by atoms with Gasteiger partial charge < -0.3 is 12.3 Å². The molecule has 0 aliphatic rings. The third-order valence-electron chi connectivity index (χ3n) is 0.401. The van der Waals surface area contributed by atoms with Crippen LogP contribution in [0.25, 0.3) is 0 Å². The predicted molar refractivity (Wildman–Crippen MR) is 35.5 cm³/mol. The van der Waals surface area contributed by atoms with Gasteiger partial charge in [0.25, 0.3) is 0 Å². The van der Waals surface area contributed by atoms with Gasteiger partial charge in [0.1, 0.15) is 0 Å². The molecule has 0 radical (unpaired) electrons. The van der Waals surface area contributed by atoms with E-state index in [1.807, 2.05) is 6.92 Å². The van der Waals surface area contributed by atoms with Crippen molar-refractivity contribution in [1.82, 2.24) is 12.3 Å². The molecule has 0 aromatic carbocycles. The number of ketones is 1. The van der Waals surface area contributed by atoms with Crippen molar-refractivity contribution in [2.24, 2.45) is 0 Å². The summed E-state index contributed by atoms with van der Waals surface area (Å²) in [6.45, 7) is 3.35. The normalized spacial score (nSPS) is 7.25. The highest BCUT2D eigenvalue weighted by Gasteiger charge is 1.73. The van der Waals surface area contributed by atoms with Crippen LogP contribution in [0, 0.1) is 0 Å². The van der Waals surface area contributed by atoms with E-state index < -0.39 is 0 Å². The van der Waals surface area contributed by atoms with E-state index in [-0.39, 0.29) is 18.1 Å². The predicted octanol–water partition coefficient (Wildman–Crippen LogP) is 1.48. The minimum Gasteiger partial charge on any atom is -0.344 e. The maximum Gasteiger partial charge on any atom is 0.152 e. The van der Waals surface area contributed by atoms with Gasteiger partial charge in [0.2, 0.25) is 0 Å². The minimum atomic E-state index is 0.